The minimum absolute atomic E-state index is 0.288. The first-order valence-corrected chi connectivity index (χ1v) is 5.77. The molecular weight excluding hydrogens is 212 g/mol. The zero-order valence-electron chi connectivity index (χ0n) is 9.46. The Labute approximate surface area is 93.7 Å². The number of hydrogen-bond donors (Lipinski definition) is 1. The highest BCUT2D eigenvalue weighted by atomic mass is 32.1. The average Bonchev–Trinajstić information content (AvgIpc) is 2.46. The summed E-state index contributed by atoms with van der Waals surface area (Å²) in [6.07, 6.45) is 0. The van der Waals surface area contributed by atoms with E-state index in [4.69, 9.17) is 4.74 Å². The molecule has 0 aromatic carbocycles. The molecule has 1 aromatic rings. The van der Waals surface area contributed by atoms with Crippen molar-refractivity contribution in [2.45, 2.75) is 33.7 Å². The molecule has 0 saturated carbocycles. The number of ether oxygens (including phenoxy) is 1. The van der Waals surface area contributed by atoms with Crippen molar-refractivity contribution in [1.29, 1.82) is 0 Å². The molecule has 0 radical (unpaired) electrons. The lowest BCUT2D eigenvalue weighted by Gasteiger charge is -2.04. The highest BCUT2D eigenvalue weighted by Gasteiger charge is 2.16. The van der Waals surface area contributed by atoms with Crippen molar-refractivity contribution < 1.29 is 9.53 Å². The van der Waals surface area contributed by atoms with Crippen molar-refractivity contribution in [3.63, 3.8) is 0 Å². The van der Waals surface area contributed by atoms with Crippen LogP contribution in [0.25, 0.3) is 0 Å². The Morgan fingerprint density at radius 2 is 2.27 bits per heavy atom. The lowest BCUT2D eigenvalue weighted by atomic mass is 10.4. The van der Waals surface area contributed by atoms with Gasteiger partial charge in [0.05, 0.1) is 12.3 Å². The van der Waals surface area contributed by atoms with Crippen LogP contribution in [0.1, 0.15) is 36.1 Å². The van der Waals surface area contributed by atoms with Gasteiger partial charge in [-0.2, -0.15) is 0 Å². The van der Waals surface area contributed by atoms with Crippen LogP contribution in [0.5, 0.6) is 0 Å². The SMILES string of the molecule is CCOC(=O)c1sc(NC(C)C)nc1C. The Balaban J connectivity index is 2.81. The van der Waals surface area contributed by atoms with Gasteiger partial charge < -0.3 is 10.1 Å². The molecule has 0 atom stereocenters. The van der Waals surface area contributed by atoms with Crippen molar-refractivity contribution in [1.82, 2.24) is 4.98 Å². The zero-order chi connectivity index (χ0) is 11.4. The quantitative estimate of drug-likeness (QED) is 0.804. The number of thiazole rings is 1. The van der Waals surface area contributed by atoms with Crippen LogP contribution < -0.4 is 5.32 Å². The molecule has 1 N–H and O–H groups in total. The summed E-state index contributed by atoms with van der Waals surface area (Å²) in [4.78, 5) is 16.3. The largest absolute Gasteiger partial charge is 0.462 e. The second-order valence-electron chi connectivity index (χ2n) is 3.45. The van der Waals surface area contributed by atoms with E-state index in [-0.39, 0.29) is 5.97 Å². The van der Waals surface area contributed by atoms with Gasteiger partial charge in [0, 0.05) is 6.04 Å². The van der Waals surface area contributed by atoms with E-state index in [2.05, 4.69) is 10.3 Å². The molecule has 15 heavy (non-hydrogen) atoms. The Bertz CT molecular complexity index is 347. The number of esters is 1. The molecule has 0 spiro atoms. The third-order valence-corrected chi connectivity index (χ3v) is 2.74. The first-order valence-electron chi connectivity index (χ1n) is 4.95. The first-order chi connectivity index (χ1) is 7.04. The molecule has 0 amide bonds. The van der Waals surface area contributed by atoms with Crippen LogP contribution >= 0.6 is 11.3 Å². The van der Waals surface area contributed by atoms with Crippen LogP contribution in [-0.2, 0) is 4.74 Å². The van der Waals surface area contributed by atoms with E-state index < -0.39 is 0 Å². The molecule has 4 nitrogen and oxygen atoms in total. The molecule has 0 fully saturated rings. The number of nitrogens with zero attached hydrogens (tertiary/aromatic N) is 1. The van der Waals surface area contributed by atoms with Crippen molar-refractivity contribution in [3.05, 3.63) is 10.6 Å². The van der Waals surface area contributed by atoms with E-state index in [1.165, 1.54) is 11.3 Å². The smallest absolute Gasteiger partial charge is 0.350 e. The van der Waals surface area contributed by atoms with Gasteiger partial charge in [-0.15, -0.1) is 0 Å². The minimum atomic E-state index is -0.288. The van der Waals surface area contributed by atoms with Gasteiger partial charge in [-0.3, -0.25) is 0 Å². The fraction of sp³-hybridized carbons (Fsp3) is 0.600. The Hall–Kier alpha value is -1.10. The summed E-state index contributed by atoms with van der Waals surface area (Å²) >= 11 is 1.34. The minimum Gasteiger partial charge on any atom is -0.462 e. The maximum atomic E-state index is 11.5. The van der Waals surface area contributed by atoms with Gasteiger partial charge in [-0.25, -0.2) is 9.78 Å². The van der Waals surface area contributed by atoms with Gasteiger partial charge >= 0.3 is 5.97 Å². The second-order valence-corrected chi connectivity index (χ2v) is 4.45. The van der Waals surface area contributed by atoms with Crippen LogP contribution in [0.2, 0.25) is 0 Å². The van der Waals surface area contributed by atoms with Gasteiger partial charge in [-0.05, 0) is 27.7 Å². The fourth-order valence-corrected chi connectivity index (χ4v) is 2.10. The number of aromatic nitrogens is 1. The van der Waals surface area contributed by atoms with E-state index in [0.29, 0.717) is 17.5 Å². The zero-order valence-corrected chi connectivity index (χ0v) is 10.3. The molecule has 84 valence electrons. The van der Waals surface area contributed by atoms with Crippen LogP contribution in [0.4, 0.5) is 5.13 Å². The van der Waals surface area contributed by atoms with Crippen LogP contribution in [-0.4, -0.2) is 23.6 Å². The predicted octanol–water partition coefficient (Wildman–Crippen LogP) is 2.45. The summed E-state index contributed by atoms with van der Waals surface area (Å²) in [5.41, 5.74) is 0.724. The van der Waals surface area contributed by atoms with Crippen molar-refractivity contribution in [2.75, 3.05) is 11.9 Å². The van der Waals surface area contributed by atoms with Gasteiger partial charge in [0.15, 0.2) is 5.13 Å². The highest BCUT2D eigenvalue weighted by molar-refractivity contribution is 7.17. The summed E-state index contributed by atoms with van der Waals surface area (Å²) in [6.45, 7) is 8.06. The Kier molecular flexibility index (Phi) is 4.08. The molecule has 0 saturated heterocycles. The van der Waals surface area contributed by atoms with E-state index in [0.717, 1.165) is 10.8 Å². The van der Waals surface area contributed by atoms with Crippen LogP contribution in [0, 0.1) is 6.92 Å². The lowest BCUT2D eigenvalue weighted by Crippen LogP contribution is -2.08. The second kappa shape index (κ2) is 5.11. The Morgan fingerprint density at radius 1 is 1.60 bits per heavy atom. The predicted molar refractivity (Wildman–Crippen MR) is 61.6 cm³/mol. The molecule has 5 heteroatoms. The van der Waals surface area contributed by atoms with E-state index in [9.17, 15) is 4.79 Å². The molecule has 0 unspecified atom stereocenters. The molecule has 1 heterocycles. The third kappa shape index (κ3) is 3.20. The first kappa shape index (κ1) is 12.0. The van der Waals surface area contributed by atoms with Crippen molar-refractivity contribution >= 4 is 22.4 Å². The average molecular weight is 228 g/mol. The van der Waals surface area contributed by atoms with E-state index in [1.54, 1.807) is 6.92 Å². The summed E-state index contributed by atoms with van der Waals surface area (Å²) in [6, 6.07) is 0.311. The van der Waals surface area contributed by atoms with Crippen molar-refractivity contribution in [2.24, 2.45) is 0 Å². The topological polar surface area (TPSA) is 51.2 Å². The highest BCUT2D eigenvalue weighted by Crippen LogP contribution is 2.23. The number of aryl methyl sites for hydroxylation is 1. The number of carbonyl (C=O) groups is 1. The van der Waals surface area contributed by atoms with E-state index >= 15 is 0 Å². The fourth-order valence-electron chi connectivity index (χ4n) is 1.09. The summed E-state index contributed by atoms with van der Waals surface area (Å²) < 4.78 is 4.93. The molecule has 1 rings (SSSR count). The van der Waals surface area contributed by atoms with Gasteiger partial charge in [0.25, 0.3) is 0 Å². The van der Waals surface area contributed by atoms with Crippen LogP contribution in [0.15, 0.2) is 0 Å². The van der Waals surface area contributed by atoms with E-state index in [1.807, 2.05) is 20.8 Å². The molecule has 0 aliphatic rings. The van der Waals surface area contributed by atoms with Gasteiger partial charge in [-0.1, -0.05) is 11.3 Å². The normalized spacial score (nSPS) is 10.5. The standard InChI is InChI=1S/C10H16N2O2S/c1-5-14-9(13)8-7(4)12-10(15-8)11-6(2)3/h6H,5H2,1-4H3,(H,11,12). The maximum absolute atomic E-state index is 11.5. The molecule has 0 aliphatic carbocycles. The summed E-state index contributed by atoms with van der Waals surface area (Å²) in [5.74, 6) is -0.288. The van der Waals surface area contributed by atoms with Crippen LogP contribution in [0.3, 0.4) is 0 Å². The third-order valence-electron chi connectivity index (χ3n) is 1.67. The van der Waals surface area contributed by atoms with Crippen molar-refractivity contribution in [3.8, 4) is 0 Å². The Morgan fingerprint density at radius 3 is 2.80 bits per heavy atom. The number of hydrogen-bond acceptors (Lipinski definition) is 5. The number of rotatable bonds is 4. The van der Waals surface area contributed by atoms with Gasteiger partial charge in [0.2, 0.25) is 0 Å². The summed E-state index contributed by atoms with van der Waals surface area (Å²) in [7, 11) is 0. The lowest BCUT2D eigenvalue weighted by molar-refractivity contribution is 0.0531. The number of anilines is 1. The molecule has 0 bridgehead atoms. The maximum Gasteiger partial charge on any atom is 0.350 e. The summed E-state index contributed by atoms with van der Waals surface area (Å²) in [5, 5.41) is 3.93. The number of nitrogens with one attached hydrogen (secondary N) is 1. The molecule has 1 aromatic heterocycles. The molecular formula is C10H16N2O2S. The number of carbonyl (C=O) groups excluding carboxylic acids is 1. The molecule has 0 aliphatic heterocycles. The monoisotopic (exact) mass is 228 g/mol. The van der Waals surface area contributed by atoms with Gasteiger partial charge in [0.1, 0.15) is 4.88 Å².